The molecule has 3 rings (SSSR count). The lowest BCUT2D eigenvalue weighted by molar-refractivity contribution is -0.121. The van der Waals surface area contributed by atoms with Gasteiger partial charge >= 0.3 is 0 Å². The van der Waals surface area contributed by atoms with Crippen LogP contribution in [0.1, 0.15) is 19.5 Å². The van der Waals surface area contributed by atoms with Crippen molar-refractivity contribution >= 4 is 16.9 Å². The number of fused-ring (bicyclic) bond motifs is 1. The molecule has 6 nitrogen and oxygen atoms in total. The van der Waals surface area contributed by atoms with Gasteiger partial charge in [-0.1, -0.05) is 37.3 Å². The molecule has 124 valence electrons. The summed E-state index contributed by atoms with van der Waals surface area (Å²) in [5.41, 5.74) is 2.60. The summed E-state index contributed by atoms with van der Waals surface area (Å²) in [7, 11) is 0. The standard InChI is InChI=1S/C18H21N5O/c1-13(2)16(20-18(24)11-14-7-5-6-10-19-14)12-23-17-9-4-3-8-15(17)21-22-23/h3-10,13,16H,11-12H2,1-2H3,(H,20,24)/t16-/m1/s1. The van der Waals surface area contributed by atoms with Gasteiger partial charge in [0.25, 0.3) is 0 Å². The summed E-state index contributed by atoms with van der Waals surface area (Å²) >= 11 is 0. The van der Waals surface area contributed by atoms with Gasteiger partial charge < -0.3 is 5.32 Å². The lowest BCUT2D eigenvalue weighted by atomic mass is 10.0. The number of hydrogen-bond donors (Lipinski definition) is 1. The number of nitrogens with zero attached hydrogens (tertiary/aromatic N) is 4. The van der Waals surface area contributed by atoms with Crippen LogP contribution in [0.15, 0.2) is 48.7 Å². The van der Waals surface area contributed by atoms with Gasteiger partial charge in [-0.15, -0.1) is 5.10 Å². The van der Waals surface area contributed by atoms with E-state index in [-0.39, 0.29) is 24.3 Å². The molecule has 0 saturated carbocycles. The van der Waals surface area contributed by atoms with Crippen molar-refractivity contribution in [2.45, 2.75) is 32.9 Å². The van der Waals surface area contributed by atoms with Crippen molar-refractivity contribution in [1.29, 1.82) is 0 Å². The number of carbonyl (C=O) groups excluding carboxylic acids is 1. The van der Waals surface area contributed by atoms with Crippen molar-refractivity contribution < 1.29 is 4.79 Å². The number of pyridine rings is 1. The maximum absolute atomic E-state index is 12.3. The van der Waals surface area contributed by atoms with Crippen LogP contribution in [0.3, 0.4) is 0 Å². The molecule has 0 saturated heterocycles. The van der Waals surface area contributed by atoms with E-state index in [4.69, 9.17) is 0 Å². The van der Waals surface area contributed by atoms with Gasteiger partial charge in [-0.3, -0.25) is 9.78 Å². The minimum atomic E-state index is -0.0307. The molecule has 1 amide bonds. The summed E-state index contributed by atoms with van der Waals surface area (Å²) in [6.45, 7) is 4.77. The SMILES string of the molecule is CC(C)[C@@H](Cn1nnc2ccccc21)NC(=O)Cc1ccccn1. The fraction of sp³-hybridized carbons (Fsp3) is 0.333. The fourth-order valence-corrected chi connectivity index (χ4v) is 2.59. The molecule has 1 N–H and O–H groups in total. The van der Waals surface area contributed by atoms with Crippen molar-refractivity contribution in [3.05, 3.63) is 54.4 Å². The lowest BCUT2D eigenvalue weighted by Gasteiger charge is -2.22. The topological polar surface area (TPSA) is 72.7 Å². The summed E-state index contributed by atoms with van der Waals surface area (Å²) < 4.78 is 1.85. The highest BCUT2D eigenvalue weighted by molar-refractivity contribution is 5.78. The molecular formula is C18H21N5O. The van der Waals surface area contributed by atoms with E-state index < -0.39 is 0 Å². The average Bonchev–Trinajstić information content (AvgIpc) is 2.98. The van der Waals surface area contributed by atoms with Crippen molar-refractivity contribution in [2.75, 3.05) is 0 Å². The number of hydrogen-bond acceptors (Lipinski definition) is 4. The Morgan fingerprint density at radius 2 is 1.96 bits per heavy atom. The molecule has 0 radical (unpaired) electrons. The molecule has 0 aliphatic carbocycles. The Bertz CT molecular complexity index is 812. The molecule has 0 fully saturated rings. The molecule has 1 aromatic carbocycles. The van der Waals surface area contributed by atoms with E-state index in [9.17, 15) is 4.79 Å². The van der Waals surface area contributed by atoms with Crippen LogP contribution >= 0.6 is 0 Å². The molecule has 24 heavy (non-hydrogen) atoms. The van der Waals surface area contributed by atoms with Crippen molar-refractivity contribution in [2.24, 2.45) is 5.92 Å². The maximum atomic E-state index is 12.3. The van der Waals surface area contributed by atoms with Crippen LogP contribution < -0.4 is 5.32 Å². The predicted octanol–water partition coefficient (Wildman–Crippen LogP) is 2.21. The van der Waals surface area contributed by atoms with E-state index in [2.05, 4.69) is 34.5 Å². The van der Waals surface area contributed by atoms with E-state index in [0.29, 0.717) is 6.54 Å². The zero-order chi connectivity index (χ0) is 16.9. The van der Waals surface area contributed by atoms with Crippen molar-refractivity contribution in [1.82, 2.24) is 25.3 Å². The Morgan fingerprint density at radius 3 is 2.71 bits per heavy atom. The summed E-state index contributed by atoms with van der Waals surface area (Å²) in [5.74, 6) is 0.248. The first-order valence-corrected chi connectivity index (χ1v) is 8.11. The van der Waals surface area contributed by atoms with E-state index in [1.165, 1.54) is 0 Å². The zero-order valence-corrected chi connectivity index (χ0v) is 13.9. The molecule has 2 heterocycles. The Balaban J connectivity index is 1.70. The number of benzene rings is 1. The Labute approximate surface area is 140 Å². The van der Waals surface area contributed by atoms with Crippen LogP contribution in [0.5, 0.6) is 0 Å². The Morgan fingerprint density at radius 1 is 1.17 bits per heavy atom. The van der Waals surface area contributed by atoms with Gasteiger partial charge in [0, 0.05) is 11.9 Å². The highest BCUT2D eigenvalue weighted by Gasteiger charge is 2.19. The van der Waals surface area contributed by atoms with E-state index in [0.717, 1.165) is 16.7 Å². The van der Waals surface area contributed by atoms with Crippen molar-refractivity contribution in [3.8, 4) is 0 Å². The van der Waals surface area contributed by atoms with Crippen LogP contribution in [0.2, 0.25) is 0 Å². The third kappa shape index (κ3) is 3.76. The number of nitrogens with one attached hydrogen (secondary N) is 1. The molecule has 3 aromatic rings. The van der Waals surface area contributed by atoms with Crippen LogP contribution in [0.25, 0.3) is 11.0 Å². The second kappa shape index (κ2) is 7.21. The minimum absolute atomic E-state index is 0.0219. The summed E-state index contributed by atoms with van der Waals surface area (Å²) in [6.07, 6.45) is 1.98. The third-order valence-electron chi connectivity index (χ3n) is 4.01. The van der Waals surface area contributed by atoms with Gasteiger partial charge in [0.1, 0.15) is 5.52 Å². The summed E-state index contributed by atoms with van der Waals surface area (Å²) in [5, 5.41) is 11.5. The number of rotatable bonds is 6. The second-order valence-electron chi connectivity index (χ2n) is 6.18. The minimum Gasteiger partial charge on any atom is -0.351 e. The molecule has 2 aromatic heterocycles. The largest absolute Gasteiger partial charge is 0.351 e. The summed E-state index contributed by atoms with van der Waals surface area (Å²) in [6, 6.07) is 13.4. The van der Waals surface area contributed by atoms with Crippen LogP contribution in [0, 0.1) is 5.92 Å². The van der Waals surface area contributed by atoms with Crippen molar-refractivity contribution in [3.63, 3.8) is 0 Å². The highest BCUT2D eigenvalue weighted by Crippen LogP contribution is 2.12. The number of carbonyl (C=O) groups is 1. The van der Waals surface area contributed by atoms with Gasteiger partial charge in [-0.05, 0) is 30.2 Å². The van der Waals surface area contributed by atoms with Gasteiger partial charge in [-0.25, -0.2) is 4.68 Å². The van der Waals surface area contributed by atoms with Gasteiger partial charge in [0.05, 0.1) is 24.5 Å². The normalized spacial score (nSPS) is 12.5. The number of amides is 1. The average molecular weight is 323 g/mol. The monoisotopic (exact) mass is 323 g/mol. The second-order valence-corrected chi connectivity index (χ2v) is 6.18. The van der Waals surface area contributed by atoms with Crippen LogP contribution in [0.4, 0.5) is 0 Å². The molecule has 0 unspecified atom stereocenters. The zero-order valence-electron chi connectivity index (χ0n) is 13.9. The highest BCUT2D eigenvalue weighted by atomic mass is 16.1. The molecule has 1 atom stereocenters. The molecular weight excluding hydrogens is 302 g/mol. The Kier molecular flexibility index (Phi) is 4.84. The molecule has 0 bridgehead atoms. The van der Waals surface area contributed by atoms with Crippen LogP contribution in [-0.4, -0.2) is 31.9 Å². The Hall–Kier alpha value is -2.76. The van der Waals surface area contributed by atoms with Gasteiger partial charge in [-0.2, -0.15) is 0 Å². The first kappa shape index (κ1) is 16.1. The first-order valence-electron chi connectivity index (χ1n) is 8.11. The number of para-hydroxylation sites is 1. The molecule has 0 aliphatic rings. The van der Waals surface area contributed by atoms with Gasteiger partial charge in [0.2, 0.25) is 5.91 Å². The quantitative estimate of drug-likeness (QED) is 0.755. The molecule has 6 heteroatoms. The molecule has 0 aliphatic heterocycles. The van der Waals surface area contributed by atoms with E-state index in [1.807, 2.05) is 47.1 Å². The van der Waals surface area contributed by atoms with E-state index >= 15 is 0 Å². The smallest absolute Gasteiger partial charge is 0.226 e. The van der Waals surface area contributed by atoms with E-state index in [1.54, 1.807) is 6.20 Å². The number of aromatic nitrogens is 4. The van der Waals surface area contributed by atoms with Gasteiger partial charge in [0.15, 0.2) is 0 Å². The summed E-state index contributed by atoms with van der Waals surface area (Å²) in [4.78, 5) is 16.5. The van der Waals surface area contributed by atoms with Crippen LogP contribution in [-0.2, 0) is 17.8 Å². The fourth-order valence-electron chi connectivity index (χ4n) is 2.59. The molecule has 0 spiro atoms. The predicted molar refractivity (Wildman–Crippen MR) is 92.2 cm³/mol. The maximum Gasteiger partial charge on any atom is 0.226 e. The first-order chi connectivity index (χ1) is 11.6. The third-order valence-corrected chi connectivity index (χ3v) is 4.01. The lowest BCUT2D eigenvalue weighted by Crippen LogP contribution is -2.42.